The lowest BCUT2D eigenvalue weighted by Gasteiger charge is -2.73. The van der Waals surface area contributed by atoms with E-state index in [2.05, 4.69) is 48.1 Å². The Morgan fingerprint density at radius 2 is 1.47 bits per heavy atom. The van der Waals surface area contributed by atoms with Gasteiger partial charge >= 0.3 is 17.9 Å². The van der Waals surface area contributed by atoms with Crippen LogP contribution < -0.4 is 0 Å². The normalized spacial score (nSPS) is 41.7. The fourth-order valence-corrected chi connectivity index (χ4v) is 13.2. The molecular formula is C41H58O6. The van der Waals surface area contributed by atoms with Crippen LogP contribution in [0, 0.1) is 56.7 Å². The van der Waals surface area contributed by atoms with Crippen molar-refractivity contribution in [3.8, 4) is 0 Å². The highest BCUT2D eigenvalue weighted by molar-refractivity contribution is 6.03. The third-order valence-corrected chi connectivity index (χ3v) is 15.5. The average molecular weight is 647 g/mol. The Hall–Kier alpha value is -2.63. The molecule has 0 saturated heterocycles. The van der Waals surface area contributed by atoms with Crippen molar-refractivity contribution in [3.63, 3.8) is 0 Å². The zero-order valence-corrected chi connectivity index (χ0v) is 30.2. The number of ether oxygens (including phenoxy) is 3. The highest BCUT2D eigenvalue weighted by Gasteiger charge is 2.71. The average Bonchev–Trinajstić information content (AvgIpc) is 3.41. The van der Waals surface area contributed by atoms with E-state index in [-0.39, 0.29) is 50.3 Å². The number of hydrogen-bond acceptors (Lipinski definition) is 6. The maximum atomic E-state index is 13.5. The number of carbonyl (C=O) groups excluding carboxylic acids is 3. The van der Waals surface area contributed by atoms with Crippen LogP contribution in [0.25, 0.3) is 0 Å². The zero-order valence-electron chi connectivity index (χ0n) is 30.2. The third-order valence-electron chi connectivity index (χ3n) is 15.5. The van der Waals surface area contributed by atoms with Gasteiger partial charge < -0.3 is 14.2 Å². The summed E-state index contributed by atoms with van der Waals surface area (Å²) in [5.41, 5.74) is 2.23. The Morgan fingerprint density at radius 1 is 0.787 bits per heavy atom. The second-order valence-electron chi connectivity index (χ2n) is 17.6. The largest absolute Gasteiger partial charge is 0.465 e. The summed E-state index contributed by atoms with van der Waals surface area (Å²) >= 11 is 0. The number of allylic oxidation sites excluding steroid dienone is 1. The molecule has 0 radical (unpaired) electrons. The molecule has 6 rings (SSSR count). The predicted octanol–water partition coefficient (Wildman–Crippen LogP) is 9.22. The number of rotatable bonds is 6. The third kappa shape index (κ3) is 5.04. The number of methoxy groups -OCH3 is 1. The molecule has 47 heavy (non-hydrogen) atoms. The molecule has 5 aliphatic carbocycles. The topological polar surface area (TPSA) is 78.9 Å². The summed E-state index contributed by atoms with van der Waals surface area (Å²) in [6, 6.07) is 6.79. The summed E-state index contributed by atoms with van der Waals surface area (Å²) in [5, 5.41) is 0. The smallest absolute Gasteiger partial charge is 0.339 e. The maximum Gasteiger partial charge on any atom is 0.339 e. The van der Waals surface area contributed by atoms with Crippen molar-refractivity contribution in [3.05, 3.63) is 47.5 Å². The first-order valence-corrected chi connectivity index (χ1v) is 18.2. The Bertz CT molecular complexity index is 1440. The zero-order chi connectivity index (χ0) is 34.2. The predicted molar refractivity (Wildman–Crippen MR) is 183 cm³/mol. The van der Waals surface area contributed by atoms with E-state index in [1.807, 2.05) is 0 Å². The monoisotopic (exact) mass is 646 g/mol. The van der Waals surface area contributed by atoms with Crippen LogP contribution in [0.3, 0.4) is 0 Å². The van der Waals surface area contributed by atoms with Crippen molar-refractivity contribution in [2.75, 3.05) is 13.7 Å². The first-order chi connectivity index (χ1) is 22.1. The molecule has 5 fully saturated rings. The Labute approximate surface area is 282 Å². The van der Waals surface area contributed by atoms with Gasteiger partial charge in [0.2, 0.25) is 0 Å². The van der Waals surface area contributed by atoms with Gasteiger partial charge in [-0.2, -0.15) is 0 Å². The van der Waals surface area contributed by atoms with E-state index in [0.29, 0.717) is 36.2 Å². The second kappa shape index (κ2) is 11.8. The summed E-state index contributed by atoms with van der Waals surface area (Å²) in [5.74, 6) is 1.39. The number of carbonyl (C=O) groups is 3. The van der Waals surface area contributed by atoms with Crippen LogP contribution in [0.1, 0.15) is 133 Å². The highest BCUT2D eigenvalue weighted by atomic mass is 16.5. The fraction of sp³-hybridized carbons (Fsp3) is 0.732. The summed E-state index contributed by atoms with van der Waals surface area (Å²) in [7, 11) is 1.33. The van der Waals surface area contributed by atoms with E-state index in [4.69, 9.17) is 14.2 Å². The summed E-state index contributed by atoms with van der Waals surface area (Å²) in [6.45, 7) is 21.2. The summed E-state index contributed by atoms with van der Waals surface area (Å²) < 4.78 is 17.1. The number of hydrogen-bond donors (Lipinski definition) is 0. The van der Waals surface area contributed by atoms with Gasteiger partial charge in [0.25, 0.3) is 0 Å². The molecule has 0 spiro atoms. The molecule has 0 heterocycles. The van der Waals surface area contributed by atoms with Gasteiger partial charge in [-0.25, -0.2) is 9.59 Å². The molecule has 258 valence electrons. The molecule has 0 aromatic heterocycles. The first kappa shape index (κ1) is 34.2. The maximum absolute atomic E-state index is 13.5. The highest BCUT2D eigenvalue weighted by Crippen LogP contribution is 2.77. The van der Waals surface area contributed by atoms with Crippen molar-refractivity contribution in [1.29, 1.82) is 0 Å². The quantitative estimate of drug-likeness (QED) is 0.174. The molecule has 5 aliphatic rings. The SMILES string of the molecule is C=C(C)[C@H]1CC[C@]2(COC(=O)c3ccccc3C(=O)OC)CC[C@@]3(C)[C@H](CC[C@@H]4[C@@]5(C)CC[C@H](OC(C)=O)C(C)(C)[C@H]5CC[C@]43C)[C@H]12. The molecule has 0 aliphatic heterocycles. The molecule has 0 unspecified atom stereocenters. The molecular weight excluding hydrogens is 588 g/mol. The lowest BCUT2D eigenvalue weighted by Crippen LogP contribution is -2.67. The lowest BCUT2D eigenvalue weighted by atomic mass is 9.32. The van der Waals surface area contributed by atoms with Crippen molar-refractivity contribution >= 4 is 17.9 Å². The van der Waals surface area contributed by atoms with Gasteiger partial charge in [0.05, 0.1) is 24.8 Å². The van der Waals surface area contributed by atoms with Crippen molar-refractivity contribution in [1.82, 2.24) is 0 Å². The molecule has 10 atom stereocenters. The van der Waals surface area contributed by atoms with Crippen LogP contribution in [0.5, 0.6) is 0 Å². The van der Waals surface area contributed by atoms with E-state index in [1.165, 1.54) is 38.4 Å². The van der Waals surface area contributed by atoms with Crippen molar-refractivity contribution in [2.45, 2.75) is 119 Å². The van der Waals surface area contributed by atoms with Gasteiger partial charge in [-0.3, -0.25) is 4.79 Å². The van der Waals surface area contributed by atoms with E-state index in [1.54, 1.807) is 31.2 Å². The van der Waals surface area contributed by atoms with Gasteiger partial charge in [0, 0.05) is 17.8 Å². The van der Waals surface area contributed by atoms with Gasteiger partial charge in [-0.1, -0.05) is 58.9 Å². The number of benzene rings is 1. The molecule has 6 nitrogen and oxygen atoms in total. The molecule has 0 amide bonds. The molecule has 0 bridgehead atoms. The van der Waals surface area contributed by atoms with Crippen LogP contribution in [-0.4, -0.2) is 37.7 Å². The lowest BCUT2D eigenvalue weighted by molar-refractivity contribution is -0.251. The van der Waals surface area contributed by atoms with Gasteiger partial charge in [-0.15, -0.1) is 0 Å². The van der Waals surface area contributed by atoms with Gasteiger partial charge in [0.1, 0.15) is 6.10 Å². The van der Waals surface area contributed by atoms with Crippen LogP contribution in [-0.2, 0) is 19.0 Å². The van der Waals surface area contributed by atoms with Crippen molar-refractivity contribution < 1.29 is 28.6 Å². The Kier molecular flexibility index (Phi) is 8.57. The van der Waals surface area contributed by atoms with E-state index < -0.39 is 11.9 Å². The van der Waals surface area contributed by atoms with Gasteiger partial charge in [-0.05, 0) is 129 Å². The summed E-state index contributed by atoms with van der Waals surface area (Å²) in [4.78, 5) is 38.0. The van der Waals surface area contributed by atoms with Crippen LogP contribution in [0.4, 0.5) is 0 Å². The first-order valence-electron chi connectivity index (χ1n) is 18.2. The second-order valence-corrected chi connectivity index (χ2v) is 17.6. The van der Waals surface area contributed by atoms with Crippen LogP contribution >= 0.6 is 0 Å². The summed E-state index contributed by atoms with van der Waals surface area (Å²) in [6.07, 6.45) is 11.2. The van der Waals surface area contributed by atoms with E-state index >= 15 is 0 Å². The fourth-order valence-electron chi connectivity index (χ4n) is 13.2. The minimum Gasteiger partial charge on any atom is -0.465 e. The number of fused-ring (bicyclic) bond motifs is 7. The standard InChI is InChI=1S/C41H58O6/c1-25(2)27-16-21-41(24-46-36(44)29-13-11-10-12-28(29)35(43)45-9)23-22-39(7)30(34(27)41)14-15-32-38(6)19-18-33(47-26(3)42)37(4,5)31(38)17-20-40(32,39)8/h10-13,27,30-34H,1,14-24H2,2-9H3/t27-,30-,31-,32-,33+,34+,38+,39+,40-,41-/m1/s1. The van der Waals surface area contributed by atoms with E-state index in [9.17, 15) is 14.4 Å². The van der Waals surface area contributed by atoms with Crippen LogP contribution in [0.2, 0.25) is 0 Å². The minimum atomic E-state index is -0.526. The molecule has 1 aromatic rings. The number of esters is 3. The van der Waals surface area contributed by atoms with Crippen LogP contribution in [0.15, 0.2) is 36.4 Å². The minimum absolute atomic E-state index is 0.0123. The van der Waals surface area contributed by atoms with E-state index in [0.717, 1.165) is 38.5 Å². The van der Waals surface area contributed by atoms with Crippen molar-refractivity contribution in [2.24, 2.45) is 56.7 Å². The Balaban J connectivity index is 1.29. The Morgan fingerprint density at radius 3 is 2.11 bits per heavy atom. The molecule has 5 saturated carbocycles. The molecule has 1 aromatic carbocycles. The van der Waals surface area contributed by atoms with Gasteiger partial charge in [0.15, 0.2) is 0 Å². The molecule has 6 heteroatoms. The molecule has 0 N–H and O–H groups in total.